The summed E-state index contributed by atoms with van der Waals surface area (Å²) in [5, 5.41) is 8.58. The van der Waals surface area contributed by atoms with E-state index in [2.05, 4.69) is 0 Å². The lowest BCUT2D eigenvalue weighted by Gasteiger charge is -2.36. The molecule has 2 heterocycles. The van der Waals surface area contributed by atoms with Crippen molar-refractivity contribution in [1.82, 2.24) is 9.21 Å². The minimum absolute atomic E-state index is 0.165. The van der Waals surface area contributed by atoms with Gasteiger partial charge in [-0.25, -0.2) is 8.42 Å². The number of nitrogens with zero attached hydrogens (tertiary/aromatic N) is 3. The third-order valence-corrected chi connectivity index (χ3v) is 7.01. The Morgan fingerprint density at radius 1 is 1.20 bits per heavy atom. The van der Waals surface area contributed by atoms with Crippen molar-refractivity contribution in [2.45, 2.75) is 18.1 Å². The van der Waals surface area contributed by atoms with E-state index in [1.54, 1.807) is 29.2 Å². The van der Waals surface area contributed by atoms with Gasteiger partial charge < -0.3 is 9.64 Å². The van der Waals surface area contributed by atoms with Gasteiger partial charge in [0.2, 0.25) is 10.0 Å². The van der Waals surface area contributed by atoms with Crippen molar-refractivity contribution in [2.75, 3.05) is 39.4 Å². The summed E-state index contributed by atoms with van der Waals surface area (Å²) in [6, 6.07) is 8.64. The first-order valence-corrected chi connectivity index (χ1v) is 9.89. The number of benzene rings is 1. The minimum Gasteiger partial charge on any atom is -0.379 e. The van der Waals surface area contributed by atoms with Crippen LogP contribution in [0.2, 0.25) is 0 Å². The molecule has 3 rings (SSSR count). The number of carbonyl (C=O) groups excluding carboxylic acids is 1. The summed E-state index contributed by atoms with van der Waals surface area (Å²) in [6.45, 7) is 2.22. The smallest absolute Gasteiger partial charge is 0.255 e. The van der Waals surface area contributed by atoms with Gasteiger partial charge in [0.25, 0.3) is 5.91 Å². The highest BCUT2D eigenvalue weighted by Crippen LogP contribution is 2.23. The van der Waals surface area contributed by atoms with Gasteiger partial charge in [0.1, 0.15) is 0 Å². The molecule has 0 radical (unpaired) electrons. The Hall–Kier alpha value is -1.95. The molecule has 0 N–H and O–H groups in total. The number of hydrogen-bond donors (Lipinski definition) is 0. The van der Waals surface area contributed by atoms with Crippen molar-refractivity contribution in [2.24, 2.45) is 0 Å². The molecule has 1 aromatic rings. The lowest BCUT2D eigenvalue weighted by atomic mass is 10.0. The maximum Gasteiger partial charge on any atom is 0.255 e. The molecule has 8 heteroatoms. The summed E-state index contributed by atoms with van der Waals surface area (Å²) in [5.41, 5.74) is 0.639. The van der Waals surface area contributed by atoms with Crippen molar-refractivity contribution in [3.05, 3.63) is 35.4 Å². The van der Waals surface area contributed by atoms with Crippen molar-refractivity contribution in [3.8, 4) is 6.07 Å². The van der Waals surface area contributed by atoms with E-state index in [0.29, 0.717) is 56.8 Å². The second-order valence-electron chi connectivity index (χ2n) is 6.23. The van der Waals surface area contributed by atoms with Gasteiger partial charge in [0, 0.05) is 26.2 Å². The summed E-state index contributed by atoms with van der Waals surface area (Å²) >= 11 is 0. The molecule has 0 aliphatic carbocycles. The number of hydrogen-bond acceptors (Lipinski definition) is 5. The molecule has 7 nitrogen and oxygen atoms in total. The van der Waals surface area contributed by atoms with Crippen LogP contribution >= 0.6 is 0 Å². The highest BCUT2D eigenvalue weighted by molar-refractivity contribution is 7.89. The van der Waals surface area contributed by atoms with E-state index in [1.165, 1.54) is 4.31 Å². The number of morpholine rings is 1. The quantitative estimate of drug-likeness (QED) is 0.793. The zero-order chi connectivity index (χ0) is 17.9. The molecule has 25 heavy (non-hydrogen) atoms. The Bertz CT molecular complexity index is 781. The lowest BCUT2D eigenvalue weighted by Crippen LogP contribution is -2.51. The summed E-state index contributed by atoms with van der Waals surface area (Å²) in [4.78, 5) is 14.3. The van der Waals surface area contributed by atoms with Gasteiger partial charge >= 0.3 is 0 Å². The van der Waals surface area contributed by atoms with Crippen molar-refractivity contribution in [1.29, 1.82) is 5.26 Å². The van der Waals surface area contributed by atoms with Gasteiger partial charge in [-0.3, -0.25) is 4.79 Å². The number of piperidine rings is 1. The predicted octanol–water partition coefficient (Wildman–Crippen LogP) is 0.825. The molecular weight excluding hydrogens is 342 g/mol. The van der Waals surface area contributed by atoms with Crippen LogP contribution in [0.15, 0.2) is 24.3 Å². The number of rotatable bonds is 3. The fourth-order valence-corrected chi connectivity index (χ4v) is 5.23. The molecule has 0 bridgehead atoms. The van der Waals surface area contributed by atoms with E-state index in [4.69, 9.17) is 4.74 Å². The summed E-state index contributed by atoms with van der Waals surface area (Å²) in [7, 11) is -3.45. The monoisotopic (exact) mass is 363 g/mol. The highest BCUT2D eigenvalue weighted by atomic mass is 32.2. The molecule has 0 saturated carbocycles. The summed E-state index contributed by atoms with van der Waals surface area (Å²) < 4.78 is 32.4. The van der Waals surface area contributed by atoms with E-state index < -0.39 is 15.3 Å². The Kier molecular flexibility index (Phi) is 5.37. The molecule has 2 fully saturated rings. The van der Waals surface area contributed by atoms with E-state index in [1.807, 2.05) is 6.07 Å². The lowest BCUT2D eigenvalue weighted by molar-refractivity contribution is 0.0685. The number of amides is 1. The number of carbonyl (C=O) groups is 1. The molecule has 1 atom stereocenters. The first kappa shape index (κ1) is 17.9. The zero-order valence-electron chi connectivity index (χ0n) is 13.9. The second-order valence-corrected chi connectivity index (χ2v) is 8.44. The maximum atomic E-state index is 12.8. The van der Waals surface area contributed by atoms with Crippen LogP contribution in [0.1, 0.15) is 28.8 Å². The molecule has 2 saturated heterocycles. The average Bonchev–Trinajstić information content (AvgIpc) is 2.68. The van der Waals surface area contributed by atoms with Gasteiger partial charge in [-0.15, -0.1) is 0 Å². The van der Waals surface area contributed by atoms with Gasteiger partial charge in [0.05, 0.1) is 35.7 Å². The Morgan fingerprint density at radius 3 is 2.64 bits per heavy atom. The van der Waals surface area contributed by atoms with Crippen LogP contribution in [-0.4, -0.2) is 68.2 Å². The fourth-order valence-electron chi connectivity index (χ4n) is 3.32. The first-order valence-electron chi connectivity index (χ1n) is 8.39. The molecule has 0 spiro atoms. The molecule has 1 aromatic carbocycles. The predicted molar refractivity (Wildman–Crippen MR) is 91.4 cm³/mol. The number of likely N-dealkylation sites (tertiary alicyclic amines) is 1. The average molecular weight is 363 g/mol. The normalized spacial score (nSPS) is 22.4. The van der Waals surface area contributed by atoms with Crippen molar-refractivity contribution >= 4 is 15.9 Å². The first-order chi connectivity index (χ1) is 12.0. The summed E-state index contributed by atoms with van der Waals surface area (Å²) in [5.74, 6) is -0.279. The number of sulfonamides is 1. The zero-order valence-corrected chi connectivity index (χ0v) is 14.7. The number of ether oxygens (including phenoxy) is 1. The van der Waals surface area contributed by atoms with Crippen LogP contribution in [0.25, 0.3) is 0 Å². The van der Waals surface area contributed by atoms with Crippen LogP contribution in [0, 0.1) is 11.3 Å². The molecule has 0 aromatic heterocycles. The van der Waals surface area contributed by atoms with Crippen LogP contribution in [0.3, 0.4) is 0 Å². The topological polar surface area (TPSA) is 90.7 Å². The molecule has 2 aliphatic rings. The van der Waals surface area contributed by atoms with E-state index >= 15 is 0 Å². The molecule has 1 unspecified atom stereocenters. The van der Waals surface area contributed by atoms with Gasteiger partial charge in [-0.05, 0) is 25.0 Å². The highest BCUT2D eigenvalue weighted by Gasteiger charge is 2.37. The van der Waals surface area contributed by atoms with Crippen molar-refractivity contribution < 1.29 is 17.9 Å². The SMILES string of the molecule is N#Cc1ccccc1C(=O)N1CCCC(S(=O)(=O)N2CCOCC2)C1. The van der Waals surface area contributed by atoms with Crippen LogP contribution in [-0.2, 0) is 14.8 Å². The van der Waals surface area contributed by atoms with Gasteiger partial charge in [-0.1, -0.05) is 12.1 Å². The standard InChI is InChI=1S/C17H21N3O4S/c18-12-14-4-1-2-6-16(14)17(21)19-7-3-5-15(13-19)25(22,23)20-8-10-24-11-9-20/h1-2,4,6,15H,3,5,7-11,13H2. The summed E-state index contributed by atoms with van der Waals surface area (Å²) in [6.07, 6.45) is 1.18. The van der Waals surface area contributed by atoms with Gasteiger partial charge in [0.15, 0.2) is 0 Å². The molecule has 1 amide bonds. The molecule has 134 valence electrons. The van der Waals surface area contributed by atoms with Crippen molar-refractivity contribution in [3.63, 3.8) is 0 Å². The fraction of sp³-hybridized carbons (Fsp3) is 0.529. The molecule has 2 aliphatic heterocycles. The number of nitriles is 1. The minimum atomic E-state index is -3.45. The second kappa shape index (κ2) is 7.52. The largest absolute Gasteiger partial charge is 0.379 e. The third-order valence-electron chi connectivity index (χ3n) is 4.69. The van der Waals surface area contributed by atoms with Crippen LogP contribution in [0.5, 0.6) is 0 Å². The van der Waals surface area contributed by atoms with Crippen LogP contribution < -0.4 is 0 Å². The van der Waals surface area contributed by atoms with Crippen LogP contribution in [0.4, 0.5) is 0 Å². The Balaban J connectivity index is 1.77. The third kappa shape index (κ3) is 3.68. The van der Waals surface area contributed by atoms with Gasteiger partial charge in [-0.2, -0.15) is 9.57 Å². The van der Waals surface area contributed by atoms with E-state index in [0.717, 1.165) is 0 Å². The maximum absolute atomic E-state index is 12.8. The molecular formula is C17H21N3O4S. The van der Waals surface area contributed by atoms with E-state index in [-0.39, 0.29) is 12.5 Å². The Morgan fingerprint density at radius 2 is 1.92 bits per heavy atom. The Labute approximate surface area is 147 Å². The van der Waals surface area contributed by atoms with E-state index in [9.17, 15) is 18.5 Å².